The first-order valence-electron chi connectivity index (χ1n) is 13.4. The lowest BCUT2D eigenvalue weighted by molar-refractivity contribution is 1.09. The fraction of sp³-hybridized carbons (Fsp3) is 0.314. The highest BCUT2D eigenvalue weighted by atomic mass is 14.4. The maximum absolute atomic E-state index is 4.50. The second-order valence-corrected chi connectivity index (χ2v) is 6.74. The molecular formula is C35H58N2. The summed E-state index contributed by atoms with van der Waals surface area (Å²) >= 11 is 0. The van der Waals surface area contributed by atoms with Crippen LogP contribution in [0.3, 0.4) is 0 Å². The Labute approximate surface area is 231 Å². The highest BCUT2D eigenvalue weighted by Crippen LogP contribution is 1.81. The highest BCUT2D eigenvalue weighted by molar-refractivity contribution is 5.00. The Hall–Kier alpha value is -3.20. The molecule has 0 unspecified atom stereocenters. The van der Waals surface area contributed by atoms with Crippen LogP contribution >= 0.6 is 0 Å². The highest BCUT2D eigenvalue weighted by Gasteiger charge is 1.59. The Morgan fingerprint density at radius 1 is 0.216 bits per heavy atom. The molecule has 0 aliphatic rings. The molecule has 0 saturated carbocycles. The average molecular weight is 507 g/mol. The predicted octanol–water partition coefficient (Wildman–Crippen LogP) is 10.1. The number of hydrogen-bond donors (Lipinski definition) is 2. The maximum atomic E-state index is 4.50. The van der Waals surface area contributed by atoms with Gasteiger partial charge in [0, 0.05) is 0 Å². The standard InChI is InChI=1S/4C6H6.3C3H8.2CH5N/c4*1-2-4-6-5-3-1;3*1-3-2;2*1-2/h4*1-6H;3*3H2,1-2H3;2*2H2,1H3. The Morgan fingerprint density at radius 2 is 0.243 bits per heavy atom. The summed E-state index contributed by atoms with van der Waals surface area (Å²) in [7, 11) is 3.00. The lowest BCUT2D eigenvalue weighted by Gasteiger charge is -1.69. The van der Waals surface area contributed by atoms with Crippen LogP contribution in [0.4, 0.5) is 0 Å². The lowest BCUT2D eigenvalue weighted by atomic mass is 10.4. The Kier molecular flexibility index (Phi) is 69.4. The van der Waals surface area contributed by atoms with Crippen LogP contribution in [-0.4, -0.2) is 14.1 Å². The summed E-state index contributed by atoms with van der Waals surface area (Å²) in [5.74, 6) is 0. The van der Waals surface area contributed by atoms with Gasteiger partial charge in [-0.2, -0.15) is 0 Å². The van der Waals surface area contributed by atoms with Crippen molar-refractivity contribution in [1.82, 2.24) is 0 Å². The first kappa shape index (κ1) is 43.8. The van der Waals surface area contributed by atoms with Crippen molar-refractivity contribution in [2.24, 2.45) is 11.5 Å². The minimum atomic E-state index is 1.25. The molecule has 0 spiro atoms. The fourth-order valence-electron chi connectivity index (χ4n) is 1.54. The molecular weight excluding hydrogens is 448 g/mol. The lowest BCUT2D eigenvalue weighted by Crippen LogP contribution is -1.69. The molecule has 0 aliphatic heterocycles. The van der Waals surface area contributed by atoms with Crippen molar-refractivity contribution in [3.63, 3.8) is 0 Å². The van der Waals surface area contributed by atoms with E-state index < -0.39 is 0 Å². The van der Waals surface area contributed by atoms with Crippen LogP contribution in [-0.2, 0) is 0 Å². The van der Waals surface area contributed by atoms with Gasteiger partial charge in [-0.05, 0) is 14.1 Å². The van der Waals surface area contributed by atoms with Crippen LogP contribution in [0.1, 0.15) is 60.8 Å². The number of hydrogen-bond acceptors (Lipinski definition) is 2. The molecule has 2 heteroatoms. The fourth-order valence-corrected chi connectivity index (χ4v) is 1.54. The molecule has 0 amide bonds. The summed E-state index contributed by atoms with van der Waals surface area (Å²) in [4.78, 5) is 0. The SMILES string of the molecule is CCC.CCC.CCC.CN.CN.c1ccccc1.c1ccccc1.c1ccccc1.c1ccccc1. The average Bonchev–Trinajstić information content (AvgIpc) is 3.01. The molecule has 0 bridgehead atoms. The van der Waals surface area contributed by atoms with Gasteiger partial charge in [0.2, 0.25) is 0 Å². The molecule has 0 aromatic heterocycles. The van der Waals surface area contributed by atoms with Crippen LogP contribution in [0.5, 0.6) is 0 Å². The third-order valence-corrected chi connectivity index (χ3v) is 2.67. The molecule has 37 heavy (non-hydrogen) atoms. The topological polar surface area (TPSA) is 52.0 Å². The van der Waals surface area contributed by atoms with E-state index in [-0.39, 0.29) is 0 Å². The Morgan fingerprint density at radius 3 is 0.270 bits per heavy atom. The third-order valence-electron chi connectivity index (χ3n) is 2.67. The molecule has 2 nitrogen and oxygen atoms in total. The summed E-state index contributed by atoms with van der Waals surface area (Å²) in [6, 6.07) is 48.0. The van der Waals surface area contributed by atoms with Gasteiger partial charge in [0.15, 0.2) is 0 Å². The molecule has 4 N–H and O–H groups in total. The van der Waals surface area contributed by atoms with Crippen LogP contribution in [0.2, 0.25) is 0 Å². The van der Waals surface area contributed by atoms with Crippen LogP contribution in [0, 0.1) is 0 Å². The summed E-state index contributed by atoms with van der Waals surface area (Å²) in [5, 5.41) is 0. The van der Waals surface area contributed by atoms with Gasteiger partial charge in [0.1, 0.15) is 0 Å². The van der Waals surface area contributed by atoms with E-state index >= 15 is 0 Å². The van der Waals surface area contributed by atoms with Crippen molar-refractivity contribution in [3.8, 4) is 0 Å². The number of nitrogens with two attached hydrogens (primary N) is 2. The second-order valence-electron chi connectivity index (χ2n) is 6.74. The summed E-state index contributed by atoms with van der Waals surface area (Å²) < 4.78 is 0. The summed E-state index contributed by atoms with van der Waals surface area (Å²) in [6.07, 6.45) is 3.75. The molecule has 0 heterocycles. The van der Waals surface area contributed by atoms with Gasteiger partial charge in [-0.1, -0.05) is 206 Å². The predicted molar refractivity (Wildman–Crippen MR) is 174 cm³/mol. The molecule has 0 radical (unpaired) electrons. The Bertz CT molecular complexity index is 465. The van der Waals surface area contributed by atoms with Gasteiger partial charge in [-0.15, -0.1) is 0 Å². The van der Waals surface area contributed by atoms with E-state index in [9.17, 15) is 0 Å². The summed E-state index contributed by atoms with van der Waals surface area (Å²) in [5.41, 5.74) is 9.00. The van der Waals surface area contributed by atoms with Crippen LogP contribution in [0.25, 0.3) is 0 Å². The van der Waals surface area contributed by atoms with Crippen LogP contribution < -0.4 is 11.5 Å². The third kappa shape index (κ3) is 71.9. The van der Waals surface area contributed by atoms with Gasteiger partial charge in [-0.25, -0.2) is 0 Å². The van der Waals surface area contributed by atoms with Gasteiger partial charge < -0.3 is 11.5 Å². The minimum absolute atomic E-state index is 1.25. The van der Waals surface area contributed by atoms with Crippen molar-refractivity contribution in [1.29, 1.82) is 0 Å². The smallest absolute Gasteiger partial charge is 0.0195 e. The molecule has 0 fully saturated rings. The molecule has 4 aromatic carbocycles. The number of benzene rings is 4. The minimum Gasteiger partial charge on any atom is -0.333 e. The monoisotopic (exact) mass is 506 g/mol. The van der Waals surface area contributed by atoms with Crippen molar-refractivity contribution >= 4 is 0 Å². The Balaban J connectivity index is -0.000000107. The van der Waals surface area contributed by atoms with Gasteiger partial charge in [-0.3, -0.25) is 0 Å². The molecule has 208 valence electrons. The quantitative estimate of drug-likeness (QED) is 0.249. The van der Waals surface area contributed by atoms with E-state index in [1.165, 1.54) is 33.4 Å². The van der Waals surface area contributed by atoms with E-state index in [4.69, 9.17) is 0 Å². The first-order valence-corrected chi connectivity index (χ1v) is 13.4. The molecule has 0 aliphatic carbocycles. The van der Waals surface area contributed by atoms with Gasteiger partial charge >= 0.3 is 0 Å². The first-order chi connectivity index (χ1) is 18.2. The number of rotatable bonds is 0. The largest absolute Gasteiger partial charge is 0.333 e. The normalized spacial score (nSPS) is 6.97. The van der Waals surface area contributed by atoms with E-state index in [1.54, 1.807) is 0 Å². The molecule has 0 atom stereocenters. The van der Waals surface area contributed by atoms with Gasteiger partial charge in [0.25, 0.3) is 0 Å². The van der Waals surface area contributed by atoms with Crippen molar-refractivity contribution in [2.75, 3.05) is 14.1 Å². The maximum Gasteiger partial charge on any atom is -0.0195 e. The zero-order chi connectivity index (χ0) is 29.1. The van der Waals surface area contributed by atoms with Gasteiger partial charge in [0.05, 0.1) is 0 Å². The summed E-state index contributed by atoms with van der Waals surface area (Å²) in [6.45, 7) is 12.8. The van der Waals surface area contributed by atoms with E-state index in [0.29, 0.717) is 0 Å². The molecule has 0 saturated heterocycles. The zero-order valence-corrected chi connectivity index (χ0v) is 25.1. The molecule has 4 aromatic rings. The van der Waals surface area contributed by atoms with E-state index in [0.717, 1.165) is 0 Å². The van der Waals surface area contributed by atoms with E-state index in [2.05, 4.69) is 53.0 Å². The van der Waals surface area contributed by atoms with Crippen molar-refractivity contribution in [2.45, 2.75) is 60.8 Å². The van der Waals surface area contributed by atoms with Crippen molar-refractivity contribution < 1.29 is 0 Å². The second kappa shape index (κ2) is 58.6. The van der Waals surface area contributed by atoms with Crippen molar-refractivity contribution in [3.05, 3.63) is 146 Å². The zero-order valence-electron chi connectivity index (χ0n) is 25.1. The molecule has 4 rings (SSSR count). The van der Waals surface area contributed by atoms with E-state index in [1.807, 2.05) is 146 Å². The van der Waals surface area contributed by atoms with Crippen LogP contribution in [0.15, 0.2) is 146 Å².